The third-order valence-corrected chi connectivity index (χ3v) is 2.81. The van der Waals surface area contributed by atoms with Crippen LogP contribution in [0.25, 0.3) is 0 Å². The Hall–Kier alpha value is -1.55. The maximum absolute atomic E-state index is 12.2. The Morgan fingerprint density at radius 2 is 2.05 bits per heavy atom. The molecule has 106 valence electrons. The highest BCUT2D eigenvalue weighted by atomic mass is 16.5. The van der Waals surface area contributed by atoms with Gasteiger partial charge in [0.2, 0.25) is 0 Å². The first-order valence-corrected chi connectivity index (χ1v) is 6.81. The van der Waals surface area contributed by atoms with Crippen molar-refractivity contribution in [3.63, 3.8) is 0 Å². The molecule has 1 aromatic carbocycles. The molecule has 19 heavy (non-hydrogen) atoms. The molecule has 1 amide bonds. The molecule has 0 aromatic heterocycles. The molecule has 0 bridgehead atoms. The Labute approximate surface area is 115 Å². The Balaban J connectivity index is 2.76. The van der Waals surface area contributed by atoms with E-state index >= 15 is 0 Å². The highest BCUT2D eigenvalue weighted by Gasteiger charge is 2.16. The summed E-state index contributed by atoms with van der Waals surface area (Å²) in [5.74, 6) is 0.985. The van der Waals surface area contributed by atoms with Crippen LogP contribution in [0.4, 0.5) is 0 Å². The van der Waals surface area contributed by atoms with E-state index < -0.39 is 0 Å². The number of amides is 1. The van der Waals surface area contributed by atoms with E-state index in [0.717, 1.165) is 6.42 Å². The third-order valence-electron chi connectivity index (χ3n) is 2.81. The number of ether oxygens (including phenoxy) is 1. The molecule has 1 aromatic rings. The molecule has 4 heteroatoms. The van der Waals surface area contributed by atoms with E-state index in [4.69, 9.17) is 10.5 Å². The van der Waals surface area contributed by atoms with E-state index in [0.29, 0.717) is 30.4 Å². The number of nitrogens with two attached hydrogens (primary N) is 1. The molecule has 0 spiro atoms. The average Bonchev–Trinajstić information content (AvgIpc) is 2.38. The second-order valence-electron chi connectivity index (χ2n) is 4.96. The van der Waals surface area contributed by atoms with Crippen LogP contribution in [0.3, 0.4) is 0 Å². The number of rotatable bonds is 7. The van der Waals surface area contributed by atoms with Crippen molar-refractivity contribution in [2.45, 2.75) is 33.2 Å². The lowest BCUT2D eigenvalue weighted by atomic mass is 10.0. The smallest absolute Gasteiger partial charge is 0.255 e. The lowest BCUT2D eigenvalue weighted by Gasteiger charge is -2.19. The Bertz CT molecular complexity index is 405. The van der Waals surface area contributed by atoms with Gasteiger partial charge < -0.3 is 15.8 Å². The highest BCUT2D eigenvalue weighted by Crippen LogP contribution is 2.18. The van der Waals surface area contributed by atoms with E-state index in [-0.39, 0.29) is 11.9 Å². The minimum atomic E-state index is -0.125. The number of hydrogen-bond acceptors (Lipinski definition) is 3. The summed E-state index contributed by atoms with van der Waals surface area (Å²) in [7, 11) is 0. The van der Waals surface area contributed by atoms with E-state index in [1.807, 2.05) is 19.1 Å². The second kappa shape index (κ2) is 7.79. The van der Waals surface area contributed by atoms with Gasteiger partial charge in [-0.15, -0.1) is 0 Å². The summed E-state index contributed by atoms with van der Waals surface area (Å²) in [5.41, 5.74) is 6.26. The molecule has 0 aliphatic heterocycles. The fourth-order valence-electron chi connectivity index (χ4n) is 1.98. The summed E-state index contributed by atoms with van der Waals surface area (Å²) in [6, 6.07) is 7.26. The lowest BCUT2D eigenvalue weighted by molar-refractivity contribution is 0.0930. The van der Waals surface area contributed by atoms with Crippen molar-refractivity contribution < 1.29 is 9.53 Å². The summed E-state index contributed by atoms with van der Waals surface area (Å²) >= 11 is 0. The molecule has 3 N–H and O–H groups in total. The number of hydrogen-bond donors (Lipinski definition) is 2. The minimum Gasteiger partial charge on any atom is -0.493 e. The van der Waals surface area contributed by atoms with Crippen molar-refractivity contribution in [2.24, 2.45) is 11.7 Å². The first kappa shape index (κ1) is 15.5. The predicted octanol–water partition coefficient (Wildman–Crippen LogP) is 2.19. The molecule has 1 unspecified atom stereocenters. The Kier molecular flexibility index (Phi) is 6.36. The molecule has 0 aliphatic rings. The van der Waals surface area contributed by atoms with Gasteiger partial charge in [0.05, 0.1) is 12.2 Å². The Morgan fingerprint density at radius 3 is 2.63 bits per heavy atom. The van der Waals surface area contributed by atoms with Crippen LogP contribution in [-0.2, 0) is 0 Å². The van der Waals surface area contributed by atoms with Crippen LogP contribution in [0.5, 0.6) is 5.75 Å². The maximum atomic E-state index is 12.2. The summed E-state index contributed by atoms with van der Waals surface area (Å²) < 4.78 is 5.46. The van der Waals surface area contributed by atoms with Gasteiger partial charge in [-0.05, 0) is 31.4 Å². The van der Waals surface area contributed by atoms with Crippen LogP contribution < -0.4 is 15.8 Å². The fraction of sp³-hybridized carbons (Fsp3) is 0.533. The quantitative estimate of drug-likeness (QED) is 0.793. The van der Waals surface area contributed by atoms with Crippen LogP contribution in [-0.4, -0.2) is 25.1 Å². The second-order valence-corrected chi connectivity index (χ2v) is 4.96. The van der Waals surface area contributed by atoms with Crippen LogP contribution in [0, 0.1) is 5.92 Å². The van der Waals surface area contributed by atoms with Gasteiger partial charge in [0, 0.05) is 12.6 Å². The van der Waals surface area contributed by atoms with Gasteiger partial charge in [-0.3, -0.25) is 4.79 Å². The monoisotopic (exact) mass is 264 g/mol. The minimum absolute atomic E-state index is 0.00202. The van der Waals surface area contributed by atoms with Gasteiger partial charge in [-0.1, -0.05) is 26.0 Å². The van der Waals surface area contributed by atoms with Gasteiger partial charge in [0.25, 0.3) is 5.91 Å². The van der Waals surface area contributed by atoms with Gasteiger partial charge in [0.15, 0.2) is 0 Å². The summed E-state index contributed by atoms with van der Waals surface area (Å²) in [6.07, 6.45) is 0.874. The molecule has 4 nitrogen and oxygen atoms in total. The lowest BCUT2D eigenvalue weighted by Crippen LogP contribution is -2.41. The molecule has 0 saturated carbocycles. The van der Waals surface area contributed by atoms with Gasteiger partial charge in [0.1, 0.15) is 5.75 Å². The third kappa shape index (κ3) is 4.91. The van der Waals surface area contributed by atoms with E-state index in [1.165, 1.54) is 0 Å². The zero-order valence-corrected chi connectivity index (χ0v) is 12.0. The molecule has 1 atom stereocenters. The molecule has 1 rings (SSSR count). The first-order chi connectivity index (χ1) is 9.08. The van der Waals surface area contributed by atoms with Crippen molar-refractivity contribution in [1.82, 2.24) is 5.32 Å². The largest absolute Gasteiger partial charge is 0.493 e. The fourth-order valence-corrected chi connectivity index (χ4v) is 1.98. The number of nitrogens with one attached hydrogen (secondary N) is 1. The molecular formula is C15H24N2O2. The van der Waals surface area contributed by atoms with Crippen molar-refractivity contribution >= 4 is 5.91 Å². The van der Waals surface area contributed by atoms with E-state index in [9.17, 15) is 4.79 Å². The van der Waals surface area contributed by atoms with Crippen LogP contribution >= 0.6 is 0 Å². The normalized spacial score (nSPS) is 12.3. The average molecular weight is 264 g/mol. The highest BCUT2D eigenvalue weighted by molar-refractivity contribution is 5.97. The van der Waals surface area contributed by atoms with Crippen LogP contribution in [0.1, 0.15) is 37.6 Å². The molecule has 0 saturated heterocycles. The molecule has 0 radical (unpaired) electrons. The summed E-state index contributed by atoms with van der Waals surface area (Å²) in [4.78, 5) is 12.2. The maximum Gasteiger partial charge on any atom is 0.255 e. The van der Waals surface area contributed by atoms with Crippen molar-refractivity contribution in [2.75, 3.05) is 13.2 Å². The molecular weight excluding hydrogens is 240 g/mol. The number of carbonyl (C=O) groups excluding carboxylic acids is 1. The topological polar surface area (TPSA) is 64.3 Å². The Morgan fingerprint density at radius 1 is 1.37 bits per heavy atom. The van der Waals surface area contributed by atoms with Crippen molar-refractivity contribution in [1.29, 1.82) is 0 Å². The number of carbonyl (C=O) groups is 1. The SMILES string of the molecule is CCOc1ccccc1C(=O)NC(CN)CC(C)C. The van der Waals surface area contributed by atoms with Gasteiger partial charge in [-0.2, -0.15) is 0 Å². The predicted molar refractivity (Wildman–Crippen MR) is 77.4 cm³/mol. The molecule has 0 heterocycles. The molecule has 0 aliphatic carbocycles. The van der Waals surface area contributed by atoms with Crippen LogP contribution in [0.2, 0.25) is 0 Å². The molecule has 0 fully saturated rings. The standard InChI is InChI=1S/C15H24N2O2/c1-4-19-14-8-6-5-7-13(14)15(18)17-12(10-16)9-11(2)3/h5-8,11-12H,4,9-10,16H2,1-3H3,(H,17,18). The zero-order chi connectivity index (χ0) is 14.3. The van der Waals surface area contributed by atoms with Crippen molar-refractivity contribution in [3.8, 4) is 5.75 Å². The summed E-state index contributed by atoms with van der Waals surface area (Å²) in [5, 5.41) is 2.97. The van der Waals surface area contributed by atoms with Crippen LogP contribution in [0.15, 0.2) is 24.3 Å². The zero-order valence-electron chi connectivity index (χ0n) is 12.0. The first-order valence-electron chi connectivity index (χ1n) is 6.81. The van der Waals surface area contributed by atoms with Gasteiger partial charge in [-0.25, -0.2) is 0 Å². The number of para-hydroxylation sites is 1. The number of benzene rings is 1. The van der Waals surface area contributed by atoms with Gasteiger partial charge >= 0.3 is 0 Å². The van der Waals surface area contributed by atoms with E-state index in [1.54, 1.807) is 12.1 Å². The van der Waals surface area contributed by atoms with Crippen molar-refractivity contribution in [3.05, 3.63) is 29.8 Å². The summed E-state index contributed by atoms with van der Waals surface area (Å²) in [6.45, 7) is 7.11. The van der Waals surface area contributed by atoms with E-state index in [2.05, 4.69) is 19.2 Å².